The molecule has 3 nitrogen and oxygen atoms in total. The summed E-state index contributed by atoms with van der Waals surface area (Å²) in [5, 5.41) is 0. The molecule has 1 heterocycles. The predicted octanol–water partition coefficient (Wildman–Crippen LogP) is 1.18. The van der Waals surface area contributed by atoms with Gasteiger partial charge in [0.05, 0.1) is 5.75 Å². The first-order valence-corrected chi connectivity index (χ1v) is 6.13. The average Bonchev–Trinajstić information content (AvgIpc) is 2.04. The van der Waals surface area contributed by atoms with Crippen molar-refractivity contribution in [2.24, 2.45) is 5.92 Å². The van der Waals surface area contributed by atoms with Crippen LogP contribution in [-0.2, 0) is 10.0 Å². The highest BCUT2D eigenvalue weighted by atomic mass is 79.9. The van der Waals surface area contributed by atoms with E-state index in [1.54, 1.807) is 0 Å². The zero-order valence-corrected chi connectivity index (χ0v) is 9.36. The first-order valence-electron chi connectivity index (χ1n) is 3.73. The highest BCUT2D eigenvalue weighted by Crippen LogP contribution is 2.20. The molecule has 0 spiro atoms. The summed E-state index contributed by atoms with van der Waals surface area (Å²) in [6.07, 6.45) is 0. The van der Waals surface area contributed by atoms with Gasteiger partial charge in [0.25, 0.3) is 0 Å². The first-order chi connectivity index (χ1) is 5.42. The van der Waals surface area contributed by atoms with Gasteiger partial charge in [0.2, 0.25) is 10.0 Å². The lowest BCUT2D eigenvalue weighted by Crippen LogP contribution is -2.26. The Morgan fingerprint density at radius 1 is 1.75 bits per heavy atom. The van der Waals surface area contributed by atoms with E-state index in [1.807, 2.05) is 6.92 Å². The Bertz CT molecular complexity index is 286. The third kappa shape index (κ3) is 2.31. The predicted molar refractivity (Wildman–Crippen MR) is 52.6 cm³/mol. The maximum Gasteiger partial charge on any atom is 0.214 e. The normalized spacial score (nSPS) is 29.0. The van der Waals surface area contributed by atoms with Gasteiger partial charge < -0.3 is 0 Å². The Balaban J connectivity index is 2.72. The fraction of sp³-hybridized carbons (Fsp3) is 0.714. The second-order valence-electron chi connectivity index (χ2n) is 3.19. The number of hydrogen-bond acceptors (Lipinski definition) is 2. The molecule has 12 heavy (non-hydrogen) atoms. The molecule has 1 saturated heterocycles. The van der Waals surface area contributed by atoms with Crippen molar-refractivity contribution in [3.63, 3.8) is 0 Å². The quantitative estimate of drug-likeness (QED) is 0.742. The number of nitrogens with zero attached hydrogens (tertiary/aromatic N) is 1. The van der Waals surface area contributed by atoms with E-state index in [-0.39, 0.29) is 11.7 Å². The van der Waals surface area contributed by atoms with Gasteiger partial charge in [0.15, 0.2) is 0 Å². The van der Waals surface area contributed by atoms with Crippen LogP contribution in [0.5, 0.6) is 0 Å². The Hall–Kier alpha value is 0.130. The molecule has 0 radical (unpaired) electrons. The molecule has 5 heteroatoms. The van der Waals surface area contributed by atoms with E-state index in [2.05, 4.69) is 22.5 Å². The van der Waals surface area contributed by atoms with E-state index in [9.17, 15) is 8.42 Å². The van der Waals surface area contributed by atoms with Gasteiger partial charge in [-0.15, -0.1) is 0 Å². The van der Waals surface area contributed by atoms with Crippen LogP contribution < -0.4 is 0 Å². The van der Waals surface area contributed by atoms with Crippen LogP contribution in [0.25, 0.3) is 0 Å². The Morgan fingerprint density at radius 2 is 2.33 bits per heavy atom. The summed E-state index contributed by atoms with van der Waals surface area (Å²) < 4.78 is 24.9. The molecular weight excluding hydrogens is 242 g/mol. The van der Waals surface area contributed by atoms with Crippen molar-refractivity contribution < 1.29 is 8.42 Å². The van der Waals surface area contributed by atoms with Gasteiger partial charge in [-0.05, 0) is 5.92 Å². The van der Waals surface area contributed by atoms with E-state index in [1.165, 1.54) is 4.31 Å². The lowest BCUT2D eigenvalue weighted by Gasteiger charge is -2.12. The van der Waals surface area contributed by atoms with Gasteiger partial charge in [-0.25, -0.2) is 8.42 Å². The molecule has 1 aliphatic rings. The van der Waals surface area contributed by atoms with Crippen molar-refractivity contribution >= 4 is 26.0 Å². The maximum absolute atomic E-state index is 11.4. The van der Waals surface area contributed by atoms with Crippen molar-refractivity contribution in [3.05, 3.63) is 11.1 Å². The van der Waals surface area contributed by atoms with Crippen molar-refractivity contribution in [1.29, 1.82) is 0 Å². The van der Waals surface area contributed by atoms with Crippen LogP contribution in [-0.4, -0.2) is 31.6 Å². The molecule has 1 aliphatic heterocycles. The van der Waals surface area contributed by atoms with E-state index in [0.717, 1.165) is 0 Å². The summed E-state index contributed by atoms with van der Waals surface area (Å²) in [4.78, 5) is 0. The Labute approximate surface area is 81.6 Å². The first kappa shape index (κ1) is 10.2. The van der Waals surface area contributed by atoms with E-state index >= 15 is 0 Å². The molecule has 1 unspecified atom stereocenters. The second-order valence-corrected chi connectivity index (χ2v) is 6.33. The summed E-state index contributed by atoms with van der Waals surface area (Å²) in [7, 11) is -2.99. The second kappa shape index (κ2) is 3.47. The van der Waals surface area contributed by atoms with Gasteiger partial charge in [0, 0.05) is 17.6 Å². The van der Waals surface area contributed by atoms with Crippen LogP contribution in [0.3, 0.4) is 0 Å². The molecule has 1 fully saturated rings. The number of halogens is 1. The fourth-order valence-electron chi connectivity index (χ4n) is 1.33. The van der Waals surface area contributed by atoms with Gasteiger partial charge in [-0.1, -0.05) is 29.4 Å². The topological polar surface area (TPSA) is 37.4 Å². The summed E-state index contributed by atoms with van der Waals surface area (Å²) in [6.45, 7) is 6.57. The highest BCUT2D eigenvalue weighted by molar-refractivity contribution is 9.11. The zero-order chi connectivity index (χ0) is 9.35. The van der Waals surface area contributed by atoms with E-state index in [0.29, 0.717) is 17.6 Å². The molecule has 0 aliphatic carbocycles. The Morgan fingerprint density at radius 3 is 2.67 bits per heavy atom. The van der Waals surface area contributed by atoms with Gasteiger partial charge in [-0.3, -0.25) is 0 Å². The third-order valence-corrected chi connectivity index (χ3v) is 4.06. The molecule has 0 aromatic rings. The number of sulfonamides is 1. The Kier molecular flexibility index (Phi) is 2.96. The van der Waals surface area contributed by atoms with Gasteiger partial charge in [0.1, 0.15) is 0 Å². The molecule has 0 amide bonds. The van der Waals surface area contributed by atoms with E-state index < -0.39 is 10.0 Å². The average molecular weight is 254 g/mol. The van der Waals surface area contributed by atoms with Crippen LogP contribution in [0.1, 0.15) is 6.92 Å². The summed E-state index contributed by atoms with van der Waals surface area (Å²) >= 11 is 3.16. The molecule has 0 aromatic heterocycles. The molecule has 0 saturated carbocycles. The molecule has 0 bridgehead atoms. The lowest BCUT2D eigenvalue weighted by atomic mass is 10.2. The molecule has 70 valence electrons. The molecule has 1 atom stereocenters. The maximum atomic E-state index is 11.4. The van der Waals surface area contributed by atoms with Crippen molar-refractivity contribution in [3.8, 4) is 0 Å². The van der Waals surface area contributed by atoms with Crippen molar-refractivity contribution in [1.82, 2.24) is 4.31 Å². The van der Waals surface area contributed by atoms with E-state index in [4.69, 9.17) is 0 Å². The zero-order valence-electron chi connectivity index (χ0n) is 6.96. The molecule has 1 rings (SSSR count). The highest BCUT2D eigenvalue weighted by Gasteiger charge is 2.33. The van der Waals surface area contributed by atoms with Crippen LogP contribution >= 0.6 is 15.9 Å². The molecular formula is C7H12BrNO2S. The minimum absolute atomic E-state index is 0.238. The SMILES string of the molecule is C=C(Br)CN1CC(C)CS1(=O)=O. The summed E-state index contributed by atoms with van der Waals surface area (Å²) in [6, 6.07) is 0. The summed E-state index contributed by atoms with van der Waals surface area (Å²) in [5.74, 6) is 0.509. The molecule has 0 N–H and O–H groups in total. The standard InChI is InChI=1S/C7H12BrNO2S/c1-6-3-9(4-7(2)8)12(10,11)5-6/h6H,2-5H2,1H3. The van der Waals surface area contributed by atoms with Crippen molar-refractivity contribution in [2.45, 2.75) is 6.92 Å². The minimum Gasteiger partial charge on any atom is -0.212 e. The smallest absolute Gasteiger partial charge is 0.212 e. The third-order valence-electron chi connectivity index (χ3n) is 1.75. The number of hydrogen-bond donors (Lipinski definition) is 0. The van der Waals surface area contributed by atoms with Gasteiger partial charge in [-0.2, -0.15) is 4.31 Å². The lowest BCUT2D eigenvalue weighted by molar-refractivity contribution is 0.445. The summed E-state index contributed by atoms with van der Waals surface area (Å²) in [5.41, 5.74) is 0. The number of rotatable bonds is 2. The van der Waals surface area contributed by atoms with Gasteiger partial charge >= 0.3 is 0 Å². The minimum atomic E-state index is -2.99. The molecule has 0 aromatic carbocycles. The van der Waals surface area contributed by atoms with Crippen LogP contribution in [0, 0.1) is 5.92 Å². The van der Waals surface area contributed by atoms with Crippen molar-refractivity contribution in [2.75, 3.05) is 18.8 Å². The van der Waals surface area contributed by atoms with Crippen LogP contribution in [0.2, 0.25) is 0 Å². The monoisotopic (exact) mass is 253 g/mol. The van der Waals surface area contributed by atoms with Crippen LogP contribution in [0.4, 0.5) is 0 Å². The largest absolute Gasteiger partial charge is 0.214 e. The fourth-order valence-corrected chi connectivity index (χ4v) is 3.67. The van der Waals surface area contributed by atoms with Crippen LogP contribution in [0.15, 0.2) is 11.1 Å².